The van der Waals surface area contributed by atoms with E-state index < -0.39 is 0 Å². The SMILES string of the molecule is Cc1nc(SCC(=O)N2c3ccccc3CCc3ccccc32)oc1C. The molecule has 0 atom stereocenters. The molecule has 1 aromatic heterocycles. The maximum atomic E-state index is 13.2. The molecule has 4 rings (SSSR count). The minimum absolute atomic E-state index is 0.0327. The summed E-state index contributed by atoms with van der Waals surface area (Å²) in [5, 5.41) is 0.546. The zero-order valence-corrected chi connectivity index (χ0v) is 15.7. The third kappa shape index (κ3) is 3.15. The second-order valence-electron chi connectivity index (χ2n) is 6.40. The summed E-state index contributed by atoms with van der Waals surface area (Å²) >= 11 is 1.34. The fourth-order valence-corrected chi connectivity index (χ4v) is 4.00. The second kappa shape index (κ2) is 7.00. The maximum absolute atomic E-state index is 13.2. The standard InChI is InChI=1S/C21H20N2O2S/c1-14-15(2)25-21(22-14)26-13-20(24)23-18-9-5-3-7-16(18)11-12-17-8-4-6-10-19(17)23/h3-10H,11-13H2,1-2H3. The molecule has 0 fully saturated rings. The van der Waals surface area contributed by atoms with E-state index >= 15 is 0 Å². The Balaban J connectivity index is 1.66. The summed E-state index contributed by atoms with van der Waals surface area (Å²) in [5.41, 5.74) is 5.21. The van der Waals surface area contributed by atoms with Crippen molar-refractivity contribution >= 4 is 29.0 Å². The van der Waals surface area contributed by atoms with E-state index in [9.17, 15) is 4.79 Å². The van der Waals surface area contributed by atoms with Gasteiger partial charge >= 0.3 is 0 Å². The quantitative estimate of drug-likeness (QED) is 0.624. The van der Waals surface area contributed by atoms with Crippen LogP contribution in [0.5, 0.6) is 0 Å². The topological polar surface area (TPSA) is 46.3 Å². The molecule has 0 bridgehead atoms. The highest BCUT2D eigenvalue weighted by molar-refractivity contribution is 7.99. The van der Waals surface area contributed by atoms with Gasteiger partial charge in [0.25, 0.3) is 5.22 Å². The molecule has 0 N–H and O–H groups in total. The van der Waals surface area contributed by atoms with Crippen LogP contribution in [0, 0.1) is 13.8 Å². The van der Waals surface area contributed by atoms with Gasteiger partial charge in [0.05, 0.1) is 22.8 Å². The smallest absolute Gasteiger partial charge is 0.256 e. The molecule has 1 aliphatic rings. The van der Waals surface area contributed by atoms with Crippen LogP contribution < -0.4 is 4.90 Å². The maximum Gasteiger partial charge on any atom is 0.256 e. The van der Waals surface area contributed by atoms with E-state index in [0.717, 1.165) is 35.7 Å². The largest absolute Gasteiger partial charge is 0.437 e. The first-order valence-electron chi connectivity index (χ1n) is 8.69. The molecule has 0 aliphatic carbocycles. The van der Waals surface area contributed by atoms with Crippen LogP contribution >= 0.6 is 11.8 Å². The second-order valence-corrected chi connectivity index (χ2v) is 7.32. The summed E-state index contributed by atoms with van der Waals surface area (Å²) in [7, 11) is 0. The summed E-state index contributed by atoms with van der Waals surface area (Å²) in [5.74, 6) is 1.11. The highest BCUT2D eigenvalue weighted by atomic mass is 32.2. The van der Waals surface area contributed by atoms with Crippen LogP contribution in [0.3, 0.4) is 0 Å². The van der Waals surface area contributed by atoms with Crippen LogP contribution in [-0.2, 0) is 17.6 Å². The molecule has 4 nitrogen and oxygen atoms in total. The van der Waals surface area contributed by atoms with Gasteiger partial charge in [-0.15, -0.1) is 0 Å². The van der Waals surface area contributed by atoms with Crippen molar-refractivity contribution in [3.05, 3.63) is 71.1 Å². The molecule has 0 radical (unpaired) electrons. The van der Waals surface area contributed by atoms with Gasteiger partial charge in [0.2, 0.25) is 5.91 Å². The van der Waals surface area contributed by atoms with Crippen LogP contribution in [0.2, 0.25) is 0 Å². The van der Waals surface area contributed by atoms with Crippen LogP contribution in [0.15, 0.2) is 58.2 Å². The van der Waals surface area contributed by atoms with E-state index in [-0.39, 0.29) is 11.7 Å². The Morgan fingerprint density at radius 3 is 2.15 bits per heavy atom. The predicted molar refractivity (Wildman–Crippen MR) is 104 cm³/mol. The van der Waals surface area contributed by atoms with Gasteiger partial charge in [0, 0.05) is 0 Å². The molecule has 2 aromatic carbocycles. The number of fused-ring (bicyclic) bond motifs is 2. The summed E-state index contributed by atoms with van der Waals surface area (Å²) < 4.78 is 5.60. The van der Waals surface area contributed by atoms with E-state index in [0.29, 0.717) is 5.22 Å². The number of aryl methyl sites for hydroxylation is 4. The van der Waals surface area contributed by atoms with E-state index in [1.165, 1.54) is 22.9 Å². The monoisotopic (exact) mass is 364 g/mol. The minimum atomic E-state index is 0.0327. The number of amides is 1. The van der Waals surface area contributed by atoms with Crippen molar-refractivity contribution in [3.63, 3.8) is 0 Å². The number of para-hydroxylation sites is 2. The van der Waals surface area contributed by atoms with Crippen molar-refractivity contribution in [1.29, 1.82) is 0 Å². The average Bonchev–Trinajstić information content (AvgIpc) is 2.88. The molecule has 3 aromatic rings. The van der Waals surface area contributed by atoms with Crippen molar-refractivity contribution in [1.82, 2.24) is 4.98 Å². The Kier molecular flexibility index (Phi) is 4.55. The molecule has 0 spiro atoms. The first-order valence-corrected chi connectivity index (χ1v) is 9.67. The highest BCUT2D eigenvalue weighted by Crippen LogP contribution is 2.36. The molecule has 0 saturated carbocycles. The number of hydrogen-bond acceptors (Lipinski definition) is 4. The lowest BCUT2D eigenvalue weighted by Gasteiger charge is -2.24. The van der Waals surface area contributed by atoms with Crippen molar-refractivity contribution in [3.8, 4) is 0 Å². The summed E-state index contributed by atoms with van der Waals surface area (Å²) in [4.78, 5) is 19.4. The molecule has 0 saturated heterocycles. The minimum Gasteiger partial charge on any atom is -0.437 e. The van der Waals surface area contributed by atoms with Gasteiger partial charge in [-0.1, -0.05) is 48.2 Å². The third-order valence-electron chi connectivity index (χ3n) is 4.71. The lowest BCUT2D eigenvalue weighted by Crippen LogP contribution is -2.28. The van der Waals surface area contributed by atoms with Gasteiger partial charge in [-0.2, -0.15) is 0 Å². The van der Waals surface area contributed by atoms with Crippen LogP contribution in [0.25, 0.3) is 0 Å². The fourth-order valence-electron chi connectivity index (χ4n) is 3.24. The predicted octanol–water partition coefficient (Wildman–Crippen LogP) is 4.85. The fraction of sp³-hybridized carbons (Fsp3) is 0.238. The van der Waals surface area contributed by atoms with Crippen molar-refractivity contribution in [2.75, 3.05) is 10.7 Å². The number of benzene rings is 2. The van der Waals surface area contributed by atoms with Gasteiger partial charge < -0.3 is 4.42 Å². The average molecular weight is 364 g/mol. The first kappa shape index (κ1) is 16.9. The highest BCUT2D eigenvalue weighted by Gasteiger charge is 2.25. The molecule has 5 heteroatoms. The Bertz CT molecular complexity index is 897. The Morgan fingerprint density at radius 1 is 1.04 bits per heavy atom. The van der Waals surface area contributed by atoms with E-state index in [1.54, 1.807) is 0 Å². The van der Waals surface area contributed by atoms with Crippen LogP contribution in [-0.4, -0.2) is 16.6 Å². The van der Waals surface area contributed by atoms with Crippen molar-refractivity contribution in [2.45, 2.75) is 31.9 Å². The van der Waals surface area contributed by atoms with Crippen molar-refractivity contribution < 1.29 is 9.21 Å². The molecule has 0 unspecified atom stereocenters. The number of nitrogens with zero attached hydrogens (tertiary/aromatic N) is 2. The normalized spacial score (nSPS) is 13.1. The number of aromatic nitrogens is 1. The number of carbonyl (C=O) groups is 1. The molecule has 2 heterocycles. The number of thioether (sulfide) groups is 1. The van der Waals surface area contributed by atoms with E-state index in [1.807, 2.05) is 55.1 Å². The lowest BCUT2D eigenvalue weighted by atomic mass is 10.0. The third-order valence-corrected chi connectivity index (χ3v) is 5.52. The number of carbonyl (C=O) groups excluding carboxylic acids is 1. The summed E-state index contributed by atoms with van der Waals surface area (Å²) in [6.45, 7) is 3.79. The number of rotatable bonds is 3. The summed E-state index contributed by atoms with van der Waals surface area (Å²) in [6.07, 6.45) is 1.87. The number of anilines is 2. The zero-order valence-electron chi connectivity index (χ0n) is 14.9. The first-order chi connectivity index (χ1) is 12.6. The zero-order chi connectivity index (χ0) is 18.1. The van der Waals surface area contributed by atoms with Crippen LogP contribution in [0.4, 0.5) is 11.4 Å². The van der Waals surface area contributed by atoms with E-state index in [2.05, 4.69) is 17.1 Å². The van der Waals surface area contributed by atoms with Gasteiger partial charge in [-0.3, -0.25) is 9.69 Å². The Hall–Kier alpha value is -2.53. The molecule has 26 heavy (non-hydrogen) atoms. The molecule has 1 aliphatic heterocycles. The van der Waals surface area contributed by atoms with Crippen molar-refractivity contribution in [2.24, 2.45) is 0 Å². The Morgan fingerprint density at radius 2 is 1.62 bits per heavy atom. The number of hydrogen-bond donors (Lipinski definition) is 0. The summed E-state index contributed by atoms with van der Waals surface area (Å²) in [6, 6.07) is 16.3. The number of oxazole rings is 1. The van der Waals surface area contributed by atoms with Gasteiger partial charge in [0.15, 0.2) is 0 Å². The molecule has 1 amide bonds. The molecular weight excluding hydrogens is 344 g/mol. The molecular formula is C21H20N2O2S. The van der Waals surface area contributed by atoms with Gasteiger partial charge in [0.1, 0.15) is 5.76 Å². The van der Waals surface area contributed by atoms with Gasteiger partial charge in [-0.25, -0.2) is 4.98 Å². The lowest BCUT2D eigenvalue weighted by molar-refractivity contribution is -0.115. The van der Waals surface area contributed by atoms with Gasteiger partial charge in [-0.05, 0) is 49.9 Å². The molecule has 132 valence electrons. The van der Waals surface area contributed by atoms with E-state index in [4.69, 9.17) is 4.42 Å². The Labute approximate surface area is 157 Å². The van der Waals surface area contributed by atoms with Crippen LogP contribution in [0.1, 0.15) is 22.6 Å².